The van der Waals surface area contributed by atoms with Crippen molar-refractivity contribution >= 4 is 47.4 Å². The van der Waals surface area contributed by atoms with Crippen LogP contribution < -0.4 is 9.47 Å². The number of allylic oxidation sites excluding steroid dienone is 2. The van der Waals surface area contributed by atoms with Crippen molar-refractivity contribution in [3.63, 3.8) is 0 Å². The number of benzene rings is 2. The zero-order chi connectivity index (χ0) is 47.2. The smallest absolute Gasteiger partial charge is 0.331 e. The minimum absolute atomic E-state index is 0.0732. The first-order chi connectivity index (χ1) is 29.8. The molecule has 1 N–H and O–H groups in total. The first kappa shape index (κ1) is 47.8. The second kappa shape index (κ2) is 17.4. The van der Waals surface area contributed by atoms with E-state index in [2.05, 4.69) is 13.0 Å². The van der Waals surface area contributed by atoms with Gasteiger partial charge in [-0.2, -0.15) is 0 Å². The molecule has 0 spiro atoms. The summed E-state index contributed by atoms with van der Waals surface area (Å²) >= 11 is 0. The van der Waals surface area contributed by atoms with E-state index in [0.29, 0.717) is 23.5 Å². The molecule has 64 heavy (non-hydrogen) atoms. The van der Waals surface area contributed by atoms with E-state index in [-0.39, 0.29) is 30.8 Å². The molecule has 3 fully saturated rings. The third kappa shape index (κ3) is 8.65. The molecule has 0 saturated heterocycles. The van der Waals surface area contributed by atoms with Crippen molar-refractivity contribution in [2.75, 3.05) is 14.2 Å². The maximum absolute atomic E-state index is 15.3. The number of hydrogen-bond acceptors (Lipinski definition) is 12. The van der Waals surface area contributed by atoms with Crippen LogP contribution in [0, 0.1) is 39.4 Å². The summed E-state index contributed by atoms with van der Waals surface area (Å²) in [6.45, 7) is 15.4. The van der Waals surface area contributed by atoms with Crippen LogP contribution in [0.15, 0.2) is 84.5 Å². The molecule has 12 nitrogen and oxygen atoms in total. The summed E-state index contributed by atoms with van der Waals surface area (Å²) in [5.74, 6) is -3.64. The van der Waals surface area contributed by atoms with Crippen molar-refractivity contribution in [1.29, 1.82) is 0 Å². The van der Waals surface area contributed by atoms with Crippen LogP contribution in [-0.4, -0.2) is 78.0 Å². The van der Waals surface area contributed by atoms with Gasteiger partial charge in [-0.25, -0.2) is 9.59 Å². The van der Waals surface area contributed by atoms with E-state index in [1.54, 1.807) is 88.8 Å². The highest BCUT2D eigenvalue weighted by Gasteiger charge is 2.75. The highest BCUT2D eigenvalue weighted by Crippen LogP contribution is 2.74. The number of ether oxygens (including phenoxy) is 5. The van der Waals surface area contributed by atoms with Gasteiger partial charge in [0.1, 0.15) is 34.6 Å². The van der Waals surface area contributed by atoms with E-state index in [9.17, 15) is 29.1 Å². The van der Waals surface area contributed by atoms with Crippen LogP contribution in [0.25, 0.3) is 12.2 Å². The predicted molar refractivity (Wildman–Crippen MR) is 240 cm³/mol. The van der Waals surface area contributed by atoms with Gasteiger partial charge in [-0.15, -0.1) is 0 Å². The average Bonchev–Trinajstić information content (AvgIpc) is 3.45. The normalized spacial score (nSPS) is 30.8. The van der Waals surface area contributed by atoms with Crippen LogP contribution in [0.4, 0.5) is 0 Å². The molecule has 2 aromatic rings. The molecule has 4 aliphatic carbocycles. The monoisotopic (exact) mass is 878 g/mol. The molecular formula is C52H62O12. The molecule has 12 heteroatoms. The van der Waals surface area contributed by atoms with Crippen LogP contribution in [0.5, 0.6) is 11.5 Å². The molecule has 3 saturated carbocycles. The van der Waals surface area contributed by atoms with Gasteiger partial charge in [0, 0.05) is 42.2 Å². The maximum atomic E-state index is 15.3. The van der Waals surface area contributed by atoms with Gasteiger partial charge in [-0.3, -0.25) is 19.2 Å². The molecule has 0 amide bonds. The molecule has 0 aliphatic heterocycles. The number of methoxy groups -OCH3 is 2. The number of fused-ring (bicyclic) bond motifs is 5. The van der Waals surface area contributed by atoms with Gasteiger partial charge < -0.3 is 28.8 Å². The predicted octanol–water partition coefficient (Wildman–Crippen LogP) is 8.05. The van der Waals surface area contributed by atoms with Gasteiger partial charge in [0.05, 0.1) is 14.2 Å². The quantitative estimate of drug-likeness (QED) is 0.0891. The van der Waals surface area contributed by atoms with Crippen molar-refractivity contribution in [1.82, 2.24) is 0 Å². The van der Waals surface area contributed by atoms with Gasteiger partial charge in [-0.1, -0.05) is 56.7 Å². The number of esters is 3. The van der Waals surface area contributed by atoms with Gasteiger partial charge >= 0.3 is 17.9 Å². The van der Waals surface area contributed by atoms with Crippen LogP contribution >= 0.6 is 0 Å². The summed E-state index contributed by atoms with van der Waals surface area (Å²) in [7, 11) is 3.12. The minimum Gasteiger partial charge on any atom is -0.497 e. The molecule has 6 rings (SSSR count). The van der Waals surface area contributed by atoms with Crippen molar-refractivity contribution < 1.29 is 57.6 Å². The number of hydrogen-bond donors (Lipinski definition) is 1. The number of rotatable bonds is 13. The number of Topliss-reactive ketones (excluding diaryl/α,β-unsaturated/α-hetero) is 2. The first-order valence-electron chi connectivity index (χ1n) is 21.8. The summed E-state index contributed by atoms with van der Waals surface area (Å²) in [6.07, 6.45) is 8.91. The molecule has 0 aromatic heterocycles. The summed E-state index contributed by atoms with van der Waals surface area (Å²) < 4.78 is 28.0. The lowest BCUT2D eigenvalue weighted by molar-refractivity contribution is -0.186. The molecule has 342 valence electrons. The van der Waals surface area contributed by atoms with Crippen molar-refractivity contribution in [3.05, 3.63) is 95.6 Å². The van der Waals surface area contributed by atoms with E-state index < -0.39 is 86.5 Å². The number of carbonyl (C=O) groups excluding carboxylic acids is 6. The number of ketones is 3. The van der Waals surface area contributed by atoms with E-state index in [0.717, 1.165) is 11.1 Å². The lowest BCUT2D eigenvalue weighted by atomic mass is 9.38. The van der Waals surface area contributed by atoms with E-state index >= 15 is 4.79 Å². The summed E-state index contributed by atoms with van der Waals surface area (Å²) in [5.41, 5.74) is -5.11. The first-order valence-corrected chi connectivity index (χ1v) is 21.8. The highest BCUT2D eigenvalue weighted by atomic mass is 16.6. The Kier molecular flexibility index (Phi) is 13.0. The highest BCUT2D eigenvalue weighted by molar-refractivity contribution is 5.99. The van der Waals surface area contributed by atoms with Crippen molar-refractivity contribution in [3.8, 4) is 11.5 Å². The van der Waals surface area contributed by atoms with Gasteiger partial charge in [0.25, 0.3) is 0 Å². The molecule has 0 radical (unpaired) electrons. The largest absolute Gasteiger partial charge is 0.497 e. The second-order valence-corrected chi connectivity index (χ2v) is 19.8. The summed E-state index contributed by atoms with van der Waals surface area (Å²) in [4.78, 5) is 82.6. The topological polar surface area (TPSA) is 169 Å². The van der Waals surface area contributed by atoms with Crippen LogP contribution in [0.3, 0.4) is 0 Å². The van der Waals surface area contributed by atoms with Crippen molar-refractivity contribution in [2.24, 2.45) is 39.4 Å². The third-order valence-electron chi connectivity index (χ3n) is 15.1. The fourth-order valence-electron chi connectivity index (χ4n) is 11.7. The van der Waals surface area contributed by atoms with Crippen LogP contribution in [0.1, 0.15) is 99.1 Å². The molecule has 0 unspecified atom stereocenters. The Morgan fingerprint density at radius 1 is 0.766 bits per heavy atom. The Labute approximate surface area is 376 Å². The Balaban J connectivity index is 1.36. The fourth-order valence-corrected chi connectivity index (χ4v) is 11.7. The molecular weight excluding hydrogens is 817 g/mol. The molecule has 2 aromatic carbocycles. The maximum Gasteiger partial charge on any atom is 0.331 e. The van der Waals surface area contributed by atoms with E-state index in [4.69, 9.17) is 23.7 Å². The summed E-state index contributed by atoms with van der Waals surface area (Å²) in [6, 6.07) is 14.2. The van der Waals surface area contributed by atoms with Gasteiger partial charge in [-0.05, 0) is 136 Å². The van der Waals surface area contributed by atoms with Crippen LogP contribution in [-0.2, 0) is 43.0 Å². The standard InChI is InChI=1S/C52H62O12/c1-31(53)64-47(2,3)27-26-41(54)52(9,59)45-39(63-44(57)25-17-33-14-20-35(61-11)21-15-33)29-49(6)40-23-22-36-37(51(40,8)42(55)30-50(45,49)7)28-38(46(58)48(36,4)5)62-43(56)24-16-32-12-18-34(60-10)19-13-32/h12-22,24-27,37-40,45,59H,23,28-30H2,1-11H3/b24-16+,25-17+,27-26+/t37-,38+,39-,40+,45+,49+,50-,51+,52+/m1/s1. The van der Waals surface area contributed by atoms with Crippen LogP contribution in [0.2, 0.25) is 0 Å². The van der Waals surface area contributed by atoms with Gasteiger partial charge in [0.2, 0.25) is 0 Å². The SMILES string of the molecule is COc1ccc(/C=C/C(=O)O[C@H]2C[C@@H]3C(=CC[C@@H]4[C@@]3(C)C(=O)C[C@]3(C)[C@@H]([C@@](C)(O)C(=O)/C=C/C(C)(C)OC(C)=O)[C@H](OC(=O)/C=C/c5ccc(OC)cc5)C[C@@]43C)C(C)(C)C2=O)cc1. The van der Waals surface area contributed by atoms with E-state index in [1.165, 1.54) is 38.2 Å². The second-order valence-electron chi connectivity index (χ2n) is 19.8. The average molecular weight is 879 g/mol. The molecule has 0 bridgehead atoms. The number of aliphatic hydroxyl groups is 1. The number of carbonyl (C=O) groups is 6. The third-order valence-corrected chi connectivity index (χ3v) is 15.1. The Hall–Kier alpha value is -5.62. The fraction of sp³-hybridized carbons (Fsp3) is 0.500. The zero-order valence-electron chi connectivity index (χ0n) is 38.8. The Morgan fingerprint density at radius 2 is 1.30 bits per heavy atom. The van der Waals surface area contributed by atoms with E-state index in [1.807, 2.05) is 27.7 Å². The lowest BCUT2D eigenvalue weighted by Crippen LogP contribution is -2.65. The van der Waals surface area contributed by atoms with Crippen molar-refractivity contribution in [2.45, 2.75) is 111 Å². The van der Waals surface area contributed by atoms with Gasteiger partial charge in [0.15, 0.2) is 17.7 Å². The Morgan fingerprint density at radius 3 is 1.81 bits per heavy atom. The molecule has 0 heterocycles. The minimum atomic E-state index is -2.17. The summed E-state index contributed by atoms with van der Waals surface area (Å²) in [5, 5.41) is 12.6. The molecule has 9 atom stereocenters. The zero-order valence-corrected chi connectivity index (χ0v) is 38.8. The molecule has 4 aliphatic rings. The lowest BCUT2D eigenvalue weighted by Gasteiger charge is -2.64. The Bertz CT molecular complexity index is 2310.